The Kier molecular flexibility index (Phi) is 6.73. The summed E-state index contributed by atoms with van der Waals surface area (Å²) in [6.07, 6.45) is 0.818. The Morgan fingerprint density at radius 1 is 1.35 bits per heavy atom. The molecule has 0 radical (unpaired) electrons. The number of hydrogen-bond acceptors (Lipinski definition) is 5. The van der Waals surface area contributed by atoms with Crippen LogP contribution in [0.15, 0.2) is 29.4 Å². The minimum Gasteiger partial charge on any atom is -0.492 e. The van der Waals surface area contributed by atoms with Crippen molar-refractivity contribution in [2.24, 2.45) is 7.05 Å². The molecule has 8 heteroatoms. The zero-order chi connectivity index (χ0) is 16.7. The van der Waals surface area contributed by atoms with Gasteiger partial charge < -0.3 is 14.6 Å². The van der Waals surface area contributed by atoms with Crippen LogP contribution in [-0.2, 0) is 18.3 Å². The van der Waals surface area contributed by atoms with Crippen LogP contribution in [0.4, 0.5) is 0 Å². The molecular weight excluding hydrogens is 336 g/mol. The molecule has 1 aromatic carbocycles. The Hall–Kier alpha value is -1.73. The molecule has 1 N–H and O–H groups in total. The van der Waals surface area contributed by atoms with Gasteiger partial charge in [-0.25, -0.2) is 0 Å². The first-order valence-electron chi connectivity index (χ1n) is 7.26. The second-order valence-electron chi connectivity index (χ2n) is 4.75. The number of rotatable bonds is 8. The fraction of sp³-hybridized carbons (Fsp3) is 0.400. The van der Waals surface area contributed by atoms with Crippen molar-refractivity contribution in [3.8, 4) is 5.75 Å². The highest BCUT2D eigenvalue weighted by atomic mass is 35.5. The molecule has 0 spiro atoms. The first kappa shape index (κ1) is 17.6. The van der Waals surface area contributed by atoms with Gasteiger partial charge in [-0.3, -0.25) is 4.79 Å². The van der Waals surface area contributed by atoms with Crippen molar-refractivity contribution in [1.29, 1.82) is 0 Å². The van der Waals surface area contributed by atoms with Crippen LogP contribution in [0.1, 0.15) is 12.7 Å². The summed E-state index contributed by atoms with van der Waals surface area (Å²) in [7, 11) is 1.90. The second-order valence-corrected chi connectivity index (χ2v) is 6.13. The highest BCUT2D eigenvalue weighted by Crippen LogP contribution is 2.16. The maximum Gasteiger partial charge on any atom is 0.230 e. The van der Waals surface area contributed by atoms with Crippen molar-refractivity contribution in [3.05, 3.63) is 35.1 Å². The number of carbonyl (C=O) groups is 1. The van der Waals surface area contributed by atoms with Crippen molar-refractivity contribution < 1.29 is 9.53 Å². The fourth-order valence-electron chi connectivity index (χ4n) is 1.85. The summed E-state index contributed by atoms with van der Waals surface area (Å²) in [5.74, 6) is 1.88. The largest absolute Gasteiger partial charge is 0.492 e. The third kappa shape index (κ3) is 5.44. The Morgan fingerprint density at radius 2 is 2.09 bits per heavy atom. The minimum absolute atomic E-state index is 0.0595. The highest BCUT2D eigenvalue weighted by molar-refractivity contribution is 7.99. The van der Waals surface area contributed by atoms with Crippen molar-refractivity contribution in [2.75, 3.05) is 18.9 Å². The molecule has 2 rings (SSSR count). The fourth-order valence-corrected chi connectivity index (χ4v) is 2.74. The summed E-state index contributed by atoms with van der Waals surface area (Å²) >= 11 is 7.16. The smallest absolute Gasteiger partial charge is 0.230 e. The van der Waals surface area contributed by atoms with E-state index >= 15 is 0 Å². The zero-order valence-electron chi connectivity index (χ0n) is 13.1. The third-order valence-electron chi connectivity index (χ3n) is 3.08. The molecule has 0 atom stereocenters. The van der Waals surface area contributed by atoms with Crippen LogP contribution >= 0.6 is 23.4 Å². The lowest BCUT2D eigenvalue weighted by Crippen LogP contribution is -2.29. The Balaban J connectivity index is 1.65. The minimum atomic E-state index is -0.0595. The first-order valence-corrected chi connectivity index (χ1v) is 8.62. The van der Waals surface area contributed by atoms with Gasteiger partial charge in [0.2, 0.25) is 5.91 Å². The third-order valence-corrected chi connectivity index (χ3v) is 4.35. The topological polar surface area (TPSA) is 69.0 Å². The lowest BCUT2D eigenvalue weighted by Gasteiger charge is -2.07. The van der Waals surface area contributed by atoms with E-state index in [1.165, 1.54) is 11.8 Å². The van der Waals surface area contributed by atoms with Crippen LogP contribution in [0.25, 0.3) is 0 Å². The predicted molar refractivity (Wildman–Crippen MR) is 91.1 cm³/mol. The van der Waals surface area contributed by atoms with E-state index in [4.69, 9.17) is 16.3 Å². The first-order chi connectivity index (χ1) is 11.1. The maximum atomic E-state index is 11.8. The molecule has 0 fully saturated rings. The molecule has 23 heavy (non-hydrogen) atoms. The Morgan fingerprint density at radius 3 is 2.74 bits per heavy atom. The monoisotopic (exact) mass is 354 g/mol. The summed E-state index contributed by atoms with van der Waals surface area (Å²) < 4.78 is 7.41. The van der Waals surface area contributed by atoms with Gasteiger partial charge in [-0.15, -0.1) is 10.2 Å². The SMILES string of the molecule is CCc1nnc(SCC(=O)NCCOc2ccc(Cl)cc2)n1C. The summed E-state index contributed by atoms with van der Waals surface area (Å²) in [5.41, 5.74) is 0. The van der Waals surface area contributed by atoms with E-state index in [2.05, 4.69) is 15.5 Å². The molecule has 6 nitrogen and oxygen atoms in total. The van der Waals surface area contributed by atoms with Gasteiger partial charge in [0.05, 0.1) is 12.3 Å². The van der Waals surface area contributed by atoms with Crippen molar-refractivity contribution >= 4 is 29.3 Å². The predicted octanol–water partition coefficient (Wildman–Crippen LogP) is 2.32. The molecule has 0 aliphatic heterocycles. The van der Waals surface area contributed by atoms with Gasteiger partial charge in [0.15, 0.2) is 5.16 Å². The molecule has 0 unspecified atom stereocenters. The number of carbonyl (C=O) groups excluding carboxylic acids is 1. The van der Waals surface area contributed by atoms with E-state index in [9.17, 15) is 4.79 Å². The molecule has 0 aliphatic rings. The number of nitrogens with zero attached hydrogens (tertiary/aromatic N) is 3. The molecule has 124 valence electrons. The summed E-state index contributed by atoms with van der Waals surface area (Å²) in [4.78, 5) is 11.8. The number of aryl methyl sites for hydroxylation is 1. The van der Waals surface area contributed by atoms with Crippen LogP contribution in [0.2, 0.25) is 5.02 Å². The molecule has 0 saturated carbocycles. The highest BCUT2D eigenvalue weighted by Gasteiger charge is 2.09. The van der Waals surface area contributed by atoms with E-state index in [-0.39, 0.29) is 5.91 Å². The van der Waals surface area contributed by atoms with Crippen LogP contribution in [0.3, 0.4) is 0 Å². The van der Waals surface area contributed by atoms with Gasteiger partial charge in [0.1, 0.15) is 18.2 Å². The number of benzene rings is 1. The average molecular weight is 355 g/mol. The van der Waals surface area contributed by atoms with E-state index in [1.54, 1.807) is 24.3 Å². The van der Waals surface area contributed by atoms with Crippen LogP contribution < -0.4 is 10.1 Å². The number of ether oxygens (including phenoxy) is 1. The standard InChI is InChI=1S/C15H19ClN4O2S/c1-3-13-18-19-15(20(13)2)23-10-14(21)17-8-9-22-12-6-4-11(16)5-7-12/h4-7H,3,8-10H2,1-2H3,(H,17,21). The number of thioether (sulfide) groups is 1. The van der Waals surface area contributed by atoms with Gasteiger partial charge in [-0.05, 0) is 24.3 Å². The molecule has 2 aromatic rings. The number of nitrogens with one attached hydrogen (secondary N) is 1. The Bertz CT molecular complexity index is 645. The van der Waals surface area contributed by atoms with Crippen LogP contribution in [0, 0.1) is 0 Å². The molecule has 1 aromatic heterocycles. The Labute approximate surface area is 144 Å². The van der Waals surface area contributed by atoms with Crippen molar-refractivity contribution in [2.45, 2.75) is 18.5 Å². The summed E-state index contributed by atoms with van der Waals surface area (Å²) in [6.45, 7) is 2.87. The molecule has 0 saturated heterocycles. The molecule has 1 amide bonds. The zero-order valence-corrected chi connectivity index (χ0v) is 14.7. The number of amides is 1. The van der Waals surface area contributed by atoms with Crippen molar-refractivity contribution in [3.63, 3.8) is 0 Å². The molecular formula is C15H19ClN4O2S. The van der Waals surface area contributed by atoms with Gasteiger partial charge in [-0.2, -0.15) is 0 Å². The van der Waals surface area contributed by atoms with Gasteiger partial charge in [0, 0.05) is 18.5 Å². The summed E-state index contributed by atoms with van der Waals surface area (Å²) in [6, 6.07) is 7.11. The second kappa shape index (κ2) is 8.79. The van der Waals surface area contributed by atoms with Gasteiger partial charge in [-0.1, -0.05) is 30.3 Å². The van der Waals surface area contributed by atoms with Crippen molar-refractivity contribution in [1.82, 2.24) is 20.1 Å². The number of aromatic nitrogens is 3. The number of hydrogen-bond donors (Lipinski definition) is 1. The van der Waals surface area contributed by atoms with E-state index < -0.39 is 0 Å². The molecule has 0 aliphatic carbocycles. The molecule has 1 heterocycles. The number of halogens is 1. The van der Waals surface area contributed by atoms with E-state index in [1.807, 2.05) is 18.5 Å². The van der Waals surface area contributed by atoms with Gasteiger partial charge in [0.25, 0.3) is 0 Å². The average Bonchev–Trinajstić information content (AvgIpc) is 2.91. The van der Waals surface area contributed by atoms with E-state index in [0.29, 0.717) is 23.9 Å². The summed E-state index contributed by atoms with van der Waals surface area (Å²) in [5, 5.41) is 12.3. The lowest BCUT2D eigenvalue weighted by molar-refractivity contribution is -0.118. The normalized spacial score (nSPS) is 10.6. The lowest BCUT2D eigenvalue weighted by atomic mass is 10.3. The maximum absolute atomic E-state index is 11.8. The van der Waals surface area contributed by atoms with Crippen LogP contribution in [0.5, 0.6) is 5.75 Å². The quantitative estimate of drug-likeness (QED) is 0.582. The van der Waals surface area contributed by atoms with Crippen LogP contribution in [-0.4, -0.2) is 39.6 Å². The van der Waals surface area contributed by atoms with E-state index in [0.717, 1.165) is 23.2 Å². The molecule has 0 bridgehead atoms. The van der Waals surface area contributed by atoms with Gasteiger partial charge >= 0.3 is 0 Å².